The molecule has 1 heterocycles. The second-order valence-corrected chi connectivity index (χ2v) is 5.54. The number of nitrogens with one attached hydrogen (secondary N) is 1. The Kier molecular flexibility index (Phi) is 5.52. The highest BCUT2D eigenvalue weighted by atomic mass is 35.5. The summed E-state index contributed by atoms with van der Waals surface area (Å²) in [4.78, 5) is 2.43. The molecule has 1 atom stereocenters. The third-order valence-electron chi connectivity index (χ3n) is 3.43. The molecule has 0 aliphatic carbocycles. The van der Waals surface area contributed by atoms with Crippen LogP contribution in [0, 0.1) is 0 Å². The summed E-state index contributed by atoms with van der Waals surface area (Å²) in [5, 5.41) is 4.05. The fourth-order valence-corrected chi connectivity index (χ4v) is 2.90. The van der Waals surface area contributed by atoms with Crippen molar-refractivity contribution in [2.75, 3.05) is 33.4 Å². The van der Waals surface area contributed by atoms with E-state index in [9.17, 15) is 0 Å². The third kappa shape index (κ3) is 3.78. The molecular formula is C15H23ClN2O2. The summed E-state index contributed by atoms with van der Waals surface area (Å²) in [5.74, 6) is 1.34. The van der Waals surface area contributed by atoms with Gasteiger partial charge in [0.05, 0.1) is 18.7 Å². The van der Waals surface area contributed by atoms with E-state index in [1.165, 1.54) is 0 Å². The van der Waals surface area contributed by atoms with E-state index in [2.05, 4.69) is 17.1 Å². The molecule has 1 fully saturated rings. The first-order valence-electron chi connectivity index (χ1n) is 7.09. The van der Waals surface area contributed by atoms with Gasteiger partial charge in [0.1, 0.15) is 0 Å². The van der Waals surface area contributed by atoms with Crippen LogP contribution in [0.3, 0.4) is 0 Å². The molecule has 0 saturated carbocycles. The molecule has 20 heavy (non-hydrogen) atoms. The molecule has 0 amide bonds. The van der Waals surface area contributed by atoms with Crippen molar-refractivity contribution in [1.82, 2.24) is 10.2 Å². The van der Waals surface area contributed by atoms with Crippen LogP contribution < -0.4 is 14.8 Å². The summed E-state index contributed by atoms with van der Waals surface area (Å²) in [6.07, 6.45) is 0. The maximum atomic E-state index is 6.28. The Hall–Kier alpha value is -0.970. The number of nitrogens with zero attached hydrogens (tertiary/aromatic N) is 1. The fourth-order valence-electron chi connectivity index (χ4n) is 2.59. The van der Waals surface area contributed by atoms with Crippen LogP contribution in [0.4, 0.5) is 0 Å². The van der Waals surface area contributed by atoms with Gasteiger partial charge in [-0.25, -0.2) is 0 Å². The number of piperazine rings is 1. The zero-order valence-corrected chi connectivity index (χ0v) is 13.2. The van der Waals surface area contributed by atoms with E-state index >= 15 is 0 Å². The molecule has 5 heteroatoms. The minimum atomic E-state index is 0.531. The summed E-state index contributed by atoms with van der Waals surface area (Å²) in [5.41, 5.74) is 1.16. The molecule has 1 N–H and O–H groups in total. The van der Waals surface area contributed by atoms with E-state index in [0.29, 0.717) is 23.4 Å². The van der Waals surface area contributed by atoms with Gasteiger partial charge in [0, 0.05) is 32.2 Å². The molecule has 0 radical (unpaired) electrons. The highest BCUT2D eigenvalue weighted by Gasteiger charge is 2.17. The van der Waals surface area contributed by atoms with Crippen molar-refractivity contribution in [3.63, 3.8) is 0 Å². The Morgan fingerprint density at radius 3 is 2.90 bits per heavy atom. The van der Waals surface area contributed by atoms with Gasteiger partial charge in [-0.1, -0.05) is 11.6 Å². The lowest BCUT2D eigenvalue weighted by Crippen LogP contribution is -2.48. The summed E-state index contributed by atoms with van der Waals surface area (Å²) in [6.45, 7) is 8.78. The van der Waals surface area contributed by atoms with Crippen molar-refractivity contribution < 1.29 is 9.47 Å². The van der Waals surface area contributed by atoms with Gasteiger partial charge in [-0.05, 0) is 31.5 Å². The maximum absolute atomic E-state index is 6.28. The first-order valence-corrected chi connectivity index (χ1v) is 7.46. The molecule has 1 saturated heterocycles. The van der Waals surface area contributed by atoms with Crippen molar-refractivity contribution in [3.05, 3.63) is 22.7 Å². The molecule has 1 aliphatic heterocycles. The van der Waals surface area contributed by atoms with Crippen molar-refractivity contribution in [1.29, 1.82) is 0 Å². The van der Waals surface area contributed by atoms with Crippen molar-refractivity contribution in [2.24, 2.45) is 0 Å². The fraction of sp³-hybridized carbons (Fsp3) is 0.600. The van der Waals surface area contributed by atoms with Gasteiger partial charge in [0.2, 0.25) is 0 Å². The van der Waals surface area contributed by atoms with Crippen LogP contribution in [0.2, 0.25) is 5.02 Å². The van der Waals surface area contributed by atoms with Gasteiger partial charge in [0.15, 0.2) is 11.5 Å². The van der Waals surface area contributed by atoms with Gasteiger partial charge < -0.3 is 14.8 Å². The zero-order chi connectivity index (χ0) is 14.5. The Morgan fingerprint density at radius 2 is 2.25 bits per heavy atom. The second kappa shape index (κ2) is 7.16. The molecule has 0 aromatic heterocycles. The van der Waals surface area contributed by atoms with Crippen molar-refractivity contribution >= 4 is 11.6 Å². The zero-order valence-electron chi connectivity index (χ0n) is 12.4. The molecule has 0 unspecified atom stereocenters. The van der Waals surface area contributed by atoms with E-state index in [1.54, 1.807) is 7.11 Å². The topological polar surface area (TPSA) is 33.7 Å². The molecule has 1 aliphatic rings. The van der Waals surface area contributed by atoms with Gasteiger partial charge >= 0.3 is 0 Å². The van der Waals surface area contributed by atoms with Gasteiger partial charge in [-0.15, -0.1) is 0 Å². The van der Waals surface area contributed by atoms with Crippen LogP contribution in [-0.2, 0) is 6.54 Å². The predicted molar refractivity (Wildman–Crippen MR) is 81.9 cm³/mol. The van der Waals surface area contributed by atoms with E-state index in [4.69, 9.17) is 21.1 Å². The van der Waals surface area contributed by atoms with Gasteiger partial charge in [0.25, 0.3) is 0 Å². The first kappa shape index (κ1) is 15.4. The summed E-state index contributed by atoms with van der Waals surface area (Å²) >= 11 is 6.28. The van der Waals surface area contributed by atoms with Crippen LogP contribution in [0.15, 0.2) is 12.1 Å². The minimum Gasteiger partial charge on any atom is -0.491 e. The molecule has 1 aromatic rings. The Morgan fingerprint density at radius 1 is 1.45 bits per heavy atom. The molecule has 2 rings (SSSR count). The Labute approximate surface area is 126 Å². The minimum absolute atomic E-state index is 0.531. The second-order valence-electron chi connectivity index (χ2n) is 5.13. The third-order valence-corrected chi connectivity index (χ3v) is 3.71. The van der Waals surface area contributed by atoms with Crippen LogP contribution in [0.25, 0.3) is 0 Å². The molecular weight excluding hydrogens is 276 g/mol. The Balaban J connectivity index is 2.15. The van der Waals surface area contributed by atoms with Crippen LogP contribution in [0.5, 0.6) is 11.5 Å². The highest BCUT2D eigenvalue weighted by Crippen LogP contribution is 2.36. The molecule has 112 valence electrons. The molecule has 0 bridgehead atoms. The summed E-state index contributed by atoms with van der Waals surface area (Å²) in [7, 11) is 1.61. The SMILES string of the molecule is CCOc1cc(CN2CCN[C@@H](C)C2)cc(Cl)c1OC. The first-order chi connectivity index (χ1) is 9.63. The van der Waals surface area contributed by atoms with Gasteiger partial charge in [-0.2, -0.15) is 0 Å². The summed E-state index contributed by atoms with van der Waals surface area (Å²) in [6, 6.07) is 4.53. The maximum Gasteiger partial charge on any atom is 0.179 e. The lowest BCUT2D eigenvalue weighted by Gasteiger charge is -2.32. The number of halogens is 1. The van der Waals surface area contributed by atoms with Crippen molar-refractivity contribution in [2.45, 2.75) is 26.4 Å². The predicted octanol–water partition coefficient (Wildman–Crippen LogP) is 2.54. The average molecular weight is 299 g/mol. The van der Waals surface area contributed by atoms with E-state index in [-0.39, 0.29) is 0 Å². The quantitative estimate of drug-likeness (QED) is 0.906. The smallest absolute Gasteiger partial charge is 0.179 e. The molecule has 0 spiro atoms. The number of methoxy groups -OCH3 is 1. The number of benzene rings is 1. The molecule has 4 nitrogen and oxygen atoms in total. The highest BCUT2D eigenvalue weighted by molar-refractivity contribution is 6.32. The Bertz CT molecular complexity index is 454. The standard InChI is InChI=1S/C15H23ClN2O2/c1-4-20-14-8-12(7-13(16)15(14)19-3)10-18-6-5-17-11(2)9-18/h7-8,11,17H,4-6,9-10H2,1-3H3/t11-/m0/s1. The number of hydrogen-bond donors (Lipinski definition) is 1. The monoisotopic (exact) mass is 298 g/mol. The number of ether oxygens (including phenoxy) is 2. The normalized spacial score (nSPS) is 19.9. The van der Waals surface area contributed by atoms with E-state index in [1.807, 2.05) is 19.1 Å². The lowest BCUT2D eigenvalue weighted by molar-refractivity contribution is 0.199. The van der Waals surface area contributed by atoms with E-state index < -0.39 is 0 Å². The largest absolute Gasteiger partial charge is 0.491 e. The van der Waals surface area contributed by atoms with Crippen molar-refractivity contribution in [3.8, 4) is 11.5 Å². The van der Waals surface area contributed by atoms with Gasteiger partial charge in [-0.3, -0.25) is 4.90 Å². The number of rotatable bonds is 5. The van der Waals surface area contributed by atoms with Crippen LogP contribution in [0.1, 0.15) is 19.4 Å². The number of hydrogen-bond acceptors (Lipinski definition) is 4. The average Bonchev–Trinajstić information content (AvgIpc) is 2.39. The van der Waals surface area contributed by atoms with Crippen LogP contribution in [-0.4, -0.2) is 44.3 Å². The van der Waals surface area contributed by atoms with E-state index in [0.717, 1.165) is 37.5 Å². The summed E-state index contributed by atoms with van der Waals surface area (Å²) < 4.78 is 10.9. The molecule has 1 aromatic carbocycles. The van der Waals surface area contributed by atoms with Crippen LogP contribution >= 0.6 is 11.6 Å². The lowest BCUT2D eigenvalue weighted by atomic mass is 10.1.